The van der Waals surface area contributed by atoms with Gasteiger partial charge in [-0.25, -0.2) is 5.43 Å². The van der Waals surface area contributed by atoms with E-state index in [1.54, 1.807) is 6.08 Å². The number of hydrazone groups is 1. The summed E-state index contributed by atoms with van der Waals surface area (Å²) in [5, 5.41) is 11.3. The van der Waals surface area contributed by atoms with E-state index in [1.165, 1.54) is 6.21 Å². The molecule has 1 amide bonds. The molecule has 0 aliphatic rings. The molecule has 6 heteroatoms. The molecule has 0 spiro atoms. The van der Waals surface area contributed by atoms with E-state index < -0.39 is 0 Å². The Bertz CT molecular complexity index is 700. The van der Waals surface area contributed by atoms with Crippen LogP contribution in [0.25, 0.3) is 6.08 Å². The van der Waals surface area contributed by atoms with Gasteiger partial charge in [0.2, 0.25) is 5.91 Å². The highest BCUT2D eigenvalue weighted by Crippen LogP contribution is 2.11. The summed E-state index contributed by atoms with van der Waals surface area (Å²) in [6, 6.07) is 9.65. The van der Waals surface area contributed by atoms with Crippen LogP contribution in [0.15, 0.2) is 40.5 Å². The van der Waals surface area contributed by atoms with E-state index in [0.29, 0.717) is 17.9 Å². The Balaban J connectivity index is 1.81. The van der Waals surface area contributed by atoms with E-state index in [9.17, 15) is 4.79 Å². The van der Waals surface area contributed by atoms with Gasteiger partial charge in [0.25, 0.3) is 0 Å². The molecule has 0 saturated carbocycles. The van der Waals surface area contributed by atoms with Gasteiger partial charge in [0.05, 0.1) is 16.9 Å². The molecule has 1 heterocycles. The third-order valence-corrected chi connectivity index (χ3v) is 3.57. The lowest BCUT2D eigenvalue weighted by Gasteiger charge is -2.01. The third-order valence-electron chi connectivity index (χ3n) is 3.36. The Kier molecular flexibility index (Phi) is 6.11. The van der Waals surface area contributed by atoms with Crippen molar-refractivity contribution in [3.63, 3.8) is 0 Å². The molecule has 120 valence electrons. The number of hydrogen-bond donors (Lipinski definition) is 2. The molecular weight excluding hydrogens is 312 g/mol. The number of benzene rings is 1. The molecule has 0 bridgehead atoms. The molecule has 1 aromatic heterocycles. The molecule has 2 aromatic rings. The number of allylic oxidation sites excluding steroid dienone is 1. The molecule has 1 aromatic carbocycles. The fourth-order valence-corrected chi connectivity index (χ4v) is 2.32. The molecule has 0 fully saturated rings. The van der Waals surface area contributed by atoms with Crippen LogP contribution in [-0.2, 0) is 11.2 Å². The summed E-state index contributed by atoms with van der Waals surface area (Å²) < 4.78 is 0. The third kappa shape index (κ3) is 5.38. The van der Waals surface area contributed by atoms with Crippen LogP contribution in [0.1, 0.15) is 28.9 Å². The fourth-order valence-electron chi connectivity index (χ4n) is 2.15. The van der Waals surface area contributed by atoms with Gasteiger partial charge in [-0.15, -0.1) is 0 Å². The van der Waals surface area contributed by atoms with Crippen molar-refractivity contribution in [1.82, 2.24) is 15.6 Å². The molecule has 2 N–H and O–H groups in total. The molecule has 0 aliphatic heterocycles. The number of H-pyrrole nitrogens is 1. The number of hydrogen-bond acceptors (Lipinski definition) is 3. The number of amides is 1. The maximum absolute atomic E-state index is 11.8. The van der Waals surface area contributed by atoms with Crippen molar-refractivity contribution in [2.45, 2.75) is 26.7 Å². The summed E-state index contributed by atoms with van der Waals surface area (Å²) in [6.45, 7) is 3.86. The van der Waals surface area contributed by atoms with Gasteiger partial charge in [-0.2, -0.15) is 10.2 Å². The molecule has 0 radical (unpaired) electrons. The fraction of sp³-hybridized carbons (Fsp3) is 0.235. The number of carbonyl (C=O) groups excluding carboxylic acids is 1. The largest absolute Gasteiger partial charge is 0.282 e. The number of halogens is 1. The van der Waals surface area contributed by atoms with Crippen LogP contribution >= 0.6 is 11.6 Å². The van der Waals surface area contributed by atoms with Crippen molar-refractivity contribution < 1.29 is 4.79 Å². The Morgan fingerprint density at radius 2 is 2.09 bits per heavy atom. The van der Waals surface area contributed by atoms with E-state index in [2.05, 4.69) is 20.7 Å². The van der Waals surface area contributed by atoms with Gasteiger partial charge >= 0.3 is 0 Å². The Hall–Kier alpha value is -2.40. The van der Waals surface area contributed by atoms with Gasteiger partial charge < -0.3 is 0 Å². The lowest BCUT2D eigenvalue weighted by molar-refractivity contribution is -0.121. The average Bonchev–Trinajstić information content (AvgIpc) is 2.85. The average molecular weight is 331 g/mol. The highest BCUT2D eigenvalue weighted by atomic mass is 35.5. The van der Waals surface area contributed by atoms with Crippen LogP contribution in [-0.4, -0.2) is 22.3 Å². The van der Waals surface area contributed by atoms with Crippen molar-refractivity contribution in [2.24, 2.45) is 5.10 Å². The Morgan fingerprint density at radius 3 is 2.74 bits per heavy atom. The first-order valence-corrected chi connectivity index (χ1v) is 7.68. The van der Waals surface area contributed by atoms with Gasteiger partial charge in [0, 0.05) is 12.1 Å². The highest BCUT2D eigenvalue weighted by molar-refractivity contribution is 6.41. The minimum Gasteiger partial charge on any atom is -0.282 e. The number of rotatable bonds is 6. The predicted molar refractivity (Wildman–Crippen MR) is 93.3 cm³/mol. The monoisotopic (exact) mass is 330 g/mol. The van der Waals surface area contributed by atoms with Crippen molar-refractivity contribution in [2.75, 3.05) is 0 Å². The van der Waals surface area contributed by atoms with Crippen molar-refractivity contribution in [3.05, 3.63) is 57.9 Å². The van der Waals surface area contributed by atoms with Crippen LogP contribution in [0.4, 0.5) is 0 Å². The first-order chi connectivity index (χ1) is 11.1. The second-order valence-electron chi connectivity index (χ2n) is 5.15. The van der Waals surface area contributed by atoms with Gasteiger partial charge in [-0.3, -0.25) is 9.89 Å². The van der Waals surface area contributed by atoms with Gasteiger partial charge in [-0.05, 0) is 37.5 Å². The molecule has 0 saturated heterocycles. The highest BCUT2D eigenvalue weighted by Gasteiger charge is 2.08. The minimum absolute atomic E-state index is 0.162. The van der Waals surface area contributed by atoms with Crippen LogP contribution in [0.3, 0.4) is 0 Å². The Morgan fingerprint density at radius 1 is 1.35 bits per heavy atom. The summed E-state index contributed by atoms with van der Waals surface area (Å²) in [6.07, 6.45) is 4.16. The standard InChI is InChI=1S/C17H19ClN4O/c1-12-16(13(2)21-20-12)8-9-17(23)22-19-11-15(18)10-14-6-4-3-5-7-14/h3-7,10-11H,8-9H2,1-2H3,(H,20,21)(H,22,23)/b15-10-,19-11-. The normalized spacial score (nSPS) is 11.9. The molecule has 2 rings (SSSR count). The number of carbonyl (C=O) groups is 1. The lowest BCUT2D eigenvalue weighted by Crippen LogP contribution is -2.18. The van der Waals surface area contributed by atoms with Crippen molar-refractivity contribution >= 4 is 29.8 Å². The van der Waals surface area contributed by atoms with Gasteiger partial charge in [0.15, 0.2) is 0 Å². The number of aromatic amines is 1. The Labute approximate surface area is 140 Å². The van der Waals surface area contributed by atoms with Crippen LogP contribution < -0.4 is 5.43 Å². The zero-order valence-electron chi connectivity index (χ0n) is 13.1. The second kappa shape index (κ2) is 8.29. The molecular formula is C17H19ClN4O. The maximum Gasteiger partial charge on any atom is 0.240 e. The minimum atomic E-state index is -0.162. The zero-order chi connectivity index (χ0) is 16.7. The molecule has 5 nitrogen and oxygen atoms in total. The zero-order valence-corrected chi connectivity index (χ0v) is 13.9. The smallest absolute Gasteiger partial charge is 0.240 e. The summed E-state index contributed by atoms with van der Waals surface area (Å²) in [5.74, 6) is -0.162. The van der Waals surface area contributed by atoms with Crippen LogP contribution in [0, 0.1) is 13.8 Å². The maximum atomic E-state index is 11.8. The predicted octanol–water partition coefficient (Wildman–Crippen LogP) is 3.34. The number of aromatic nitrogens is 2. The molecule has 0 atom stereocenters. The van der Waals surface area contributed by atoms with E-state index in [4.69, 9.17) is 11.6 Å². The van der Waals surface area contributed by atoms with E-state index in [-0.39, 0.29) is 5.91 Å². The summed E-state index contributed by atoms with van der Waals surface area (Å²) >= 11 is 6.05. The van der Waals surface area contributed by atoms with Crippen molar-refractivity contribution in [1.29, 1.82) is 0 Å². The summed E-state index contributed by atoms with van der Waals surface area (Å²) in [7, 11) is 0. The summed E-state index contributed by atoms with van der Waals surface area (Å²) in [4.78, 5) is 11.8. The van der Waals surface area contributed by atoms with E-state index in [0.717, 1.165) is 22.5 Å². The number of nitrogens with zero attached hydrogens (tertiary/aromatic N) is 2. The SMILES string of the molecule is Cc1n[nH]c(C)c1CCC(=O)N/N=C\C(Cl)=C\c1ccccc1. The second-order valence-corrected chi connectivity index (χ2v) is 5.58. The van der Waals surface area contributed by atoms with Crippen LogP contribution in [0.2, 0.25) is 0 Å². The van der Waals surface area contributed by atoms with Crippen LogP contribution in [0.5, 0.6) is 0 Å². The molecule has 0 unspecified atom stereocenters. The summed E-state index contributed by atoms with van der Waals surface area (Å²) in [5.41, 5.74) is 6.44. The number of nitrogens with one attached hydrogen (secondary N) is 2. The molecule has 0 aliphatic carbocycles. The first kappa shape index (κ1) is 17.0. The van der Waals surface area contributed by atoms with Gasteiger partial charge in [0.1, 0.15) is 0 Å². The quantitative estimate of drug-likeness (QED) is 0.630. The van der Waals surface area contributed by atoms with Crippen molar-refractivity contribution in [3.8, 4) is 0 Å². The van der Waals surface area contributed by atoms with E-state index in [1.807, 2.05) is 44.2 Å². The first-order valence-electron chi connectivity index (χ1n) is 7.31. The molecule has 23 heavy (non-hydrogen) atoms. The number of aryl methyl sites for hydroxylation is 2. The topological polar surface area (TPSA) is 70.1 Å². The lowest BCUT2D eigenvalue weighted by atomic mass is 10.1. The van der Waals surface area contributed by atoms with E-state index >= 15 is 0 Å². The van der Waals surface area contributed by atoms with Gasteiger partial charge in [-0.1, -0.05) is 41.9 Å².